The van der Waals surface area contributed by atoms with Crippen LogP contribution in [0.15, 0.2) is 291 Å². The molecule has 0 fully saturated rings. The van der Waals surface area contributed by atoms with Crippen molar-refractivity contribution in [3.05, 3.63) is 291 Å². The molecule has 1 heterocycles. The molecule has 2 heteroatoms. The monoisotopic (exact) mass is 916 g/mol. The summed E-state index contributed by atoms with van der Waals surface area (Å²) in [6.07, 6.45) is 0. The Morgan fingerprint density at radius 1 is 0.208 bits per heavy atom. The molecule has 0 radical (unpaired) electrons. The van der Waals surface area contributed by atoms with E-state index in [1.54, 1.807) is 0 Å². The molecule has 13 rings (SSSR count). The molecular formula is C70H48N2. The standard InChI is InChI=1S/C70H48N2/c1-2-14-49(15-3-1)56-18-10-20-58(44-56)61-23-13-24-65(48-61)71(64-42-38-54(39-43-64)57-19-11-21-59(45-57)62-35-34-50-16-4-5-17-55(50)46-62)63-40-36-52(37-41-63)51-30-32-53(33-31-51)60-22-12-25-66(47-60)72-69-28-8-6-26-67(69)68-27-7-9-29-70(68)72/h1-48H. The zero-order valence-electron chi connectivity index (χ0n) is 39.6. The third kappa shape index (κ3) is 8.11. The quantitative estimate of drug-likeness (QED) is 0.133. The van der Waals surface area contributed by atoms with Crippen LogP contribution in [0.3, 0.4) is 0 Å². The summed E-state index contributed by atoms with van der Waals surface area (Å²) in [6, 6.07) is 106. The lowest BCUT2D eigenvalue weighted by molar-refractivity contribution is 1.18. The van der Waals surface area contributed by atoms with Crippen LogP contribution in [-0.2, 0) is 0 Å². The van der Waals surface area contributed by atoms with Crippen molar-refractivity contribution in [3.8, 4) is 72.4 Å². The highest BCUT2D eigenvalue weighted by Gasteiger charge is 2.16. The maximum absolute atomic E-state index is 2.38. The van der Waals surface area contributed by atoms with Crippen molar-refractivity contribution in [2.24, 2.45) is 0 Å². The summed E-state index contributed by atoms with van der Waals surface area (Å²) in [7, 11) is 0. The molecule has 0 spiro atoms. The van der Waals surface area contributed by atoms with E-state index in [1.807, 2.05) is 0 Å². The number of nitrogens with zero attached hydrogens (tertiary/aromatic N) is 2. The van der Waals surface area contributed by atoms with Gasteiger partial charge in [-0.25, -0.2) is 0 Å². The molecule has 338 valence electrons. The van der Waals surface area contributed by atoms with Gasteiger partial charge in [0.25, 0.3) is 0 Å². The molecule has 0 bridgehead atoms. The number of hydrogen-bond donors (Lipinski definition) is 0. The highest BCUT2D eigenvalue weighted by Crippen LogP contribution is 2.40. The molecule has 2 nitrogen and oxygen atoms in total. The second kappa shape index (κ2) is 18.4. The molecular weight excluding hydrogens is 869 g/mol. The lowest BCUT2D eigenvalue weighted by Gasteiger charge is -2.26. The van der Waals surface area contributed by atoms with Crippen LogP contribution in [0.4, 0.5) is 17.1 Å². The molecule has 0 N–H and O–H groups in total. The Morgan fingerprint density at radius 2 is 0.583 bits per heavy atom. The minimum atomic E-state index is 1.08. The predicted molar refractivity (Wildman–Crippen MR) is 306 cm³/mol. The second-order valence-electron chi connectivity index (χ2n) is 18.6. The van der Waals surface area contributed by atoms with Gasteiger partial charge in [-0.3, -0.25) is 0 Å². The summed E-state index contributed by atoms with van der Waals surface area (Å²) in [4.78, 5) is 2.37. The molecule has 0 unspecified atom stereocenters. The van der Waals surface area contributed by atoms with Crippen molar-refractivity contribution in [2.45, 2.75) is 0 Å². The van der Waals surface area contributed by atoms with E-state index >= 15 is 0 Å². The van der Waals surface area contributed by atoms with E-state index < -0.39 is 0 Å². The fourth-order valence-corrected chi connectivity index (χ4v) is 10.5. The first-order valence-electron chi connectivity index (χ1n) is 24.7. The largest absolute Gasteiger partial charge is 0.310 e. The van der Waals surface area contributed by atoms with Crippen LogP contribution >= 0.6 is 0 Å². The van der Waals surface area contributed by atoms with Gasteiger partial charge in [0.2, 0.25) is 0 Å². The molecule has 0 amide bonds. The third-order valence-electron chi connectivity index (χ3n) is 14.2. The number of para-hydroxylation sites is 2. The summed E-state index contributed by atoms with van der Waals surface area (Å²) in [5.74, 6) is 0. The van der Waals surface area contributed by atoms with E-state index in [2.05, 4.69) is 301 Å². The van der Waals surface area contributed by atoms with E-state index in [-0.39, 0.29) is 0 Å². The maximum Gasteiger partial charge on any atom is 0.0541 e. The highest BCUT2D eigenvalue weighted by molar-refractivity contribution is 6.09. The Hall–Kier alpha value is -9.50. The van der Waals surface area contributed by atoms with Crippen LogP contribution in [0.1, 0.15) is 0 Å². The second-order valence-corrected chi connectivity index (χ2v) is 18.6. The van der Waals surface area contributed by atoms with E-state index in [4.69, 9.17) is 0 Å². The van der Waals surface area contributed by atoms with Gasteiger partial charge < -0.3 is 9.47 Å². The summed E-state index contributed by atoms with van der Waals surface area (Å²) in [5, 5.41) is 5.03. The number of aromatic nitrogens is 1. The third-order valence-corrected chi connectivity index (χ3v) is 14.2. The average Bonchev–Trinajstić information content (AvgIpc) is 3.80. The topological polar surface area (TPSA) is 8.17 Å². The fraction of sp³-hybridized carbons (Fsp3) is 0. The molecule has 72 heavy (non-hydrogen) atoms. The van der Waals surface area contributed by atoms with Gasteiger partial charge in [-0.1, -0.05) is 212 Å². The van der Waals surface area contributed by atoms with E-state index in [9.17, 15) is 0 Å². The molecule has 13 aromatic rings. The normalized spacial score (nSPS) is 11.3. The highest BCUT2D eigenvalue weighted by atomic mass is 15.1. The van der Waals surface area contributed by atoms with Crippen LogP contribution in [0, 0.1) is 0 Å². The van der Waals surface area contributed by atoms with Gasteiger partial charge in [0.1, 0.15) is 0 Å². The first kappa shape index (κ1) is 42.6. The van der Waals surface area contributed by atoms with Crippen LogP contribution in [-0.4, -0.2) is 4.57 Å². The van der Waals surface area contributed by atoms with E-state index in [0.29, 0.717) is 0 Å². The van der Waals surface area contributed by atoms with Gasteiger partial charge in [0.05, 0.1) is 11.0 Å². The average molecular weight is 917 g/mol. The number of hydrogen-bond acceptors (Lipinski definition) is 1. The van der Waals surface area contributed by atoms with Gasteiger partial charge in [-0.05, 0) is 156 Å². The predicted octanol–water partition coefficient (Wildman–Crippen LogP) is 19.4. The van der Waals surface area contributed by atoms with Crippen molar-refractivity contribution in [2.75, 3.05) is 4.90 Å². The van der Waals surface area contributed by atoms with Crippen molar-refractivity contribution in [1.29, 1.82) is 0 Å². The molecule has 0 saturated heterocycles. The number of fused-ring (bicyclic) bond motifs is 4. The van der Waals surface area contributed by atoms with E-state index in [0.717, 1.165) is 33.9 Å². The molecule has 0 aliphatic rings. The Kier molecular flexibility index (Phi) is 10.9. The Balaban J connectivity index is 0.824. The smallest absolute Gasteiger partial charge is 0.0541 e. The summed E-state index contributed by atoms with van der Waals surface area (Å²) in [5.41, 5.74) is 21.1. The van der Waals surface area contributed by atoms with E-state index in [1.165, 1.54) is 88.2 Å². The summed E-state index contributed by atoms with van der Waals surface area (Å²) < 4.78 is 2.38. The van der Waals surface area contributed by atoms with Crippen LogP contribution in [0.2, 0.25) is 0 Å². The van der Waals surface area contributed by atoms with Crippen LogP contribution < -0.4 is 4.90 Å². The van der Waals surface area contributed by atoms with Gasteiger partial charge in [0.15, 0.2) is 0 Å². The minimum absolute atomic E-state index is 1.08. The Morgan fingerprint density at radius 3 is 1.17 bits per heavy atom. The maximum atomic E-state index is 2.38. The molecule has 0 aliphatic carbocycles. The number of rotatable bonds is 10. The van der Waals surface area contributed by atoms with Crippen molar-refractivity contribution < 1.29 is 0 Å². The molecule has 0 aliphatic heterocycles. The van der Waals surface area contributed by atoms with Crippen LogP contribution in [0.5, 0.6) is 0 Å². The summed E-state index contributed by atoms with van der Waals surface area (Å²) >= 11 is 0. The lowest BCUT2D eigenvalue weighted by Crippen LogP contribution is -2.10. The lowest BCUT2D eigenvalue weighted by atomic mass is 9.97. The van der Waals surface area contributed by atoms with Crippen molar-refractivity contribution in [3.63, 3.8) is 0 Å². The molecule has 12 aromatic carbocycles. The summed E-state index contributed by atoms with van der Waals surface area (Å²) in [6.45, 7) is 0. The fourth-order valence-electron chi connectivity index (χ4n) is 10.5. The Labute approximate surface area is 420 Å². The zero-order chi connectivity index (χ0) is 47.8. The Bertz CT molecular complexity index is 4020. The van der Waals surface area contributed by atoms with Gasteiger partial charge >= 0.3 is 0 Å². The van der Waals surface area contributed by atoms with Gasteiger partial charge in [-0.15, -0.1) is 0 Å². The number of anilines is 3. The number of benzene rings is 12. The van der Waals surface area contributed by atoms with Crippen LogP contribution in [0.25, 0.3) is 105 Å². The zero-order valence-corrected chi connectivity index (χ0v) is 39.6. The van der Waals surface area contributed by atoms with Crippen molar-refractivity contribution >= 4 is 49.6 Å². The molecule has 0 atom stereocenters. The SMILES string of the molecule is c1ccc(-c2cccc(-c3cccc(N(c4ccc(-c5ccc(-c6cccc(-n7c8ccccc8c8ccccc87)c6)cc5)cc4)c4ccc(-c5cccc(-c6ccc7ccccc7c6)c5)cc4)c3)c2)cc1. The first-order valence-corrected chi connectivity index (χ1v) is 24.7. The van der Waals surface area contributed by atoms with Gasteiger partial charge in [0, 0.05) is 33.5 Å². The first-order chi connectivity index (χ1) is 35.7. The molecule has 1 aromatic heterocycles. The van der Waals surface area contributed by atoms with Crippen molar-refractivity contribution in [1.82, 2.24) is 4.57 Å². The van der Waals surface area contributed by atoms with Gasteiger partial charge in [-0.2, -0.15) is 0 Å². The molecule has 0 saturated carbocycles. The minimum Gasteiger partial charge on any atom is -0.310 e.